The van der Waals surface area contributed by atoms with Gasteiger partial charge in [-0.25, -0.2) is 4.39 Å². The number of rotatable bonds is 1. The quantitative estimate of drug-likeness (QED) is 0.699. The molecule has 0 bridgehead atoms. The van der Waals surface area contributed by atoms with E-state index in [4.69, 9.17) is 0 Å². The highest BCUT2D eigenvalue weighted by molar-refractivity contribution is 5.37. The minimum absolute atomic E-state index is 0.124. The zero-order valence-electron chi connectivity index (χ0n) is 9.13. The lowest BCUT2D eigenvalue weighted by Gasteiger charge is -2.25. The lowest BCUT2D eigenvalue weighted by atomic mass is 10.0. The lowest BCUT2D eigenvalue weighted by molar-refractivity contribution is 0.261. The number of aryl methyl sites for hydroxylation is 1. The van der Waals surface area contributed by atoms with Gasteiger partial charge in [-0.3, -0.25) is 9.88 Å². The van der Waals surface area contributed by atoms with Gasteiger partial charge in [0, 0.05) is 5.69 Å². The molecule has 0 N–H and O–H groups in total. The smallest absolute Gasteiger partial charge is 0.141 e. The van der Waals surface area contributed by atoms with Crippen LogP contribution in [0.4, 0.5) is 4.39 Å². The van der Waals surface area contributed by atoms with E-state index in [2.05, 4.69) is 16.9 Å². The number of likely N-dealkylation sites (tertiary alicyclic amines) is 1. The predicted octanol–water partition coefficient (Wildman–Crippen LogP) is 2.08. The number of fused-ring (bicyclic) bond motifs is 1. The average Bonchev–Trinajstić information content (AvgIpc) is 2.87. The van der Waals surface area contributed by atoms with Crippen molar-refractivity contribution in [2.75, 3.05) is 13.6 Å². The highest BCUT2D eigenvalue weighted by Gasteiger charge is 2.62. The van der Waals surface area contributed by atoms with Crippen LogP contribution in [0.3, 0.4) is 0 Å². The van der Waals surface area contributed by atoms with Crippen LogP contribution in [0.15, 0.2) is 12.3 Å². The Balaban J connectivity index is 2.10. The summed E-state index contributed by atoms with van der Waals surface area (Å²) in [6.07, 6.45) is 3.73. The molecule has 2 aliphatic rings. The van der Waals surface area contributed by atoms with E-state index in [1.807, 2.05) is 6.92 Å². The van der Waals surface area contributed by atoms with Crippen LogP contribution in [-0.2, 0) is 5.54 Å². The van der Waals surface area contributed by atoms with Gasteiger partial charge in [0.25, 0.3) is 0 Å². The van der Waals surface area contributed by atoms with E-state index >= 15 is 0 Å². The molecule has 0 spiro atoms. The number of piperidine rings is 1. The number of hydrogen-bond acceptors (Lipinski definition) is 2. The molecule has 2 unspecified atom stereocenters. The van der Waals surface area contributed by atoms with Gasteiger partial charge in [-0.15, -0.1) is 0 Å². The molecule has 2 nitrogen and oxygen atoms in total. The molecular weight excluding hydrogens is 191 g/mol. The molecule has 1 aromatic heterocycles. The third kappa shape index (κ3) is 1.10. The van der Waals surface area contributed by atoms with Gasteiger partial charge in [-0.2, -0.15) is 0 Å². The Morgan fingerprint density at radius 3 is 3.00 bits per heavy atom. The summed E-state index contributed by atoms with van der Waals surface area (Å²) < 4.78 is 13.2. The van der Waals surface area contributed by atoms with Crippen molar-refractivity contribution >= 4 is 0 Å². The van der Waals surface area contributed by atoms with Gasteiger partial charge in [-0.1, -0.05) is 0 Å². The monoisotopic (exact) mass is 206 g/mol. The molecule has 80 valence electrons. The Morgan fingerprint density at radius 2 is 2.40 bits per heavy atom. The van der Waals surface area contributed by atoms with Crippen LogP contribution in [-0.4, -0.2) is 23.5 Å². The predicted molar refractivity (Wildman–Crippen MR) is 56.0 cm³/mol. The molecule has 1 aromatic rings. The van der Waals surface area contributed by atoms with Crippen LogP contribution in [0.1, 0.15) is 24.1 Å². The number of hydrogen-bond donors (Lipinski definition) is 0. The Bertz CT molecular complexity index is 418. The maximum absolute atomic E-state index is 13.2. The van der Waals surface area contributed by atoms with Crippen LogP contribution in [0.2, 0.25) is 0 Å². The maximum Gasteiger partial charge on any atom is 0.141 e. The first-order valence-corrected chi connectivity index (χ1v) is 5.48. The fraction of sp³-hybridized carbons (Fsp3) is 0.583. The van der Waals surface area contributed by atoms with Gasteiger partial charge in [0.2, 0.25) is 0 Å². The molecule has 3 rings (SSSR count). The molecule has 0 radical (unpaired) electrons. The normalized spacial score (nSPS) is 34.2. The Kier molecular flexibility index (Phi) is 1.72. The minimum atomic E-state index is -0.212. The molecule has 0 amide bonds. The van der Waals surface area contributed by atoms with E-state index in [0.29, 0.717) is 0 Å². The van der Waals surface area contributed by atoms with Gasteiger partial charge >= 0.3 is 0 Å². The van der Waals surface area contributed by atoms with E-state index < -0.39 is 0 Å². The highest BCUT2D eigenvalue weighted by Crippen LogP contribution is 2.62. The topological polar surface area (TPSA) is 16.1 Å². The summed E-state index contributed by atoms with van der Waals surface area (Å²) in [5.74, 6) is 0.515. The Hall–Kier alpha value is -0.960. The van der Waals surface area contributed by atoms with E-state index in [1.54, 1.807) is 6.07 Å². The zero-order chi connectivity index (χ0) is 10.6. The van der Waals surface area contributed by atoms with Crippen molar-refractivity contribution in [3.05, 3.63) is 29.3 Å². The summed E-state index contributed by atoms with van der Waals surface area (Å²) in [6.45, 7) is 3.10. The van der Waals surface area contributed by atoms with Gasteiger partial charge < -0.3 is 0 Å². The van der Waals surface area contributed by atoms with Crippen molar-refractivity contribution in [3.8, 4) is 0 Å². The van der Waals surface area contributed by atoms with Gasteiger partial charge in [0.05, 0.1) is 11.7 Å². The van der Waals surface area contributed by atoms with E-state index in [1.165, 1.54) is 19.0 Å². The molecule has 15 heavy (non-hydrogen) atoms. The highest BCUT2D eigenvalue weighted by atomic mass is 19.1. The lowest BCUT2D eigenvalue weighted by Crippen LogP contribution is -2.29. The summed E-state index contributed by atoms with van der Waals surface area (Å²) >= 11 is 0. The minimum Gasteiger partial charge on any atom is -0.296 e. The molecule has 2 heterocycles. The van der Waals surface area contributed by atoms with E-state index in [-0.39, 0.29) is 11.4 Å². The Labute approximate surface area is 89.1 Å². The number of aromatic nitrogens is 1. The largest absolute Gasteiger partial charge is 0.296 e. The van der Waals surface area contributed by atoms with Crippen LogP contribution in [0.5, 0.6) is 0 Å². The summed E-state index contributed by atoms with van der Waals surface area (Å²) in [5, 5.41) is 0. The molecule has 1 saturated carbocycles. The molecular formula is C12H15FN2. The fourth-order valence-electron chi connectivity index (χ4n) is 3.16. The molecule has 1 aliphatic heterocycles. The van der Waals surface area contributed by atoms with Crippen LogP contribution >= 0.6 is 0 Å². The number of nitrogens with zero attached hydrogens (tertiary/aromatic N) is 2. The zero-order valence-corrected chi connectivity index (χ0v) is 9.13. The third-order valence-electron chi connectivity index (χ3n) is 4.09. The molecule has 1 aliphatic carbocycles. The van der Waals surface area contributed by atoms with Crippen LogP contribution in [0, 0.1) is 18.7 Å². The van der Waals surface area contributed by atoms with Gasteiger partial charge in [-0.05, 0) is 50.9 Å². The first-order valence-electron chi connectivity index (χ1n) is 5.48. The fourth-order valence-corrected chi connectivity index (χ4v) is 3.16. The van der Waals surface area contributed by atoms with Crippen molar-refractivity contribution in [2.24, 2.45) is 5.92 Å². The second-order valence-electron chi connectivity index (χ2n) is 4.82. The maximum atomic E-state index is 13.2. The second kappa shape index (κ2) is 2.79. The number of halogens is 1. The van der Waals surface area contributed by atoms with Crippen LogP contribution < -0.4 is 0 Å². The van der Waals surface area contributed by atoms with Crippen molar-refractivity contribution in [1.82, 2.24) is 9.88 Å². The van der Waals surface area contributed by atoms with Crippen molar-refractivity contribution < 1.29 is 4.39 Å². The summed E-state index contributed by atoms with van der Waals surface area (Å²) in [4.78, 5) is 6.49. The third-order valence-corrected chi connectivity index (χ3v) is 4.09. The molecule has 0 aromatic carbocycles. The molecule has 2 fully saturated rings. The standard InChI is InChI=1S/C12H15FN2/c1-8-11(5-10(13)7-14-8)12-6-9(12)3-4-15(12)2/h5,7,9H,3-4,6H2,1-2H3. The SMILES string of the molecule is Cc1ncc(F)cc1C12CC1CCN2C. The van der Waals surface area contributed by atoms with Gasteiger partial charge in [0.1, 0.15) is 5.82 Å². The summed E-state index contributed by atoms with van der Waals surface area (Å²) in [7, 11) is 2.14. The number of pyridine rings is 1. The molecule has 1 saturated heterocycles. The van der Waals surface area contributed by atoms with Crippen molar-refractivity contribution in [1.29, 1.82) is 0 Å². The summed E-state index contributed by atoms with van der Waals surface area (Å²) in [5.41, 5.74) is 2.21. The Morgan fingerprint density at radius 1 is 1.60 bits per heavy atom. The first-order chi connectivity index (χ1) is 7.14. The second-order valence-corrected chi connectivity index (χ2v) is 4.82. The van der Waals surface area contributed by atoms with Gasteiger partial charge in [0.15, 0.2) is 0 Å². The molecule has 2 atom stereocenters. The first kappa shape index (κ1) is 9.28. The van der Waals surface area contributed by atoms with Crippen molar-refractivity contribution in [2.45, 2.75) is 25.3 Å². The van der Waals surface area contributed by atoms with Crippen molar-refractivity contribution in [3.63, 3.8) is 0 Å². The summed E-state index contributed by atoms with van der Waals surface area (Å²) in [6, 6.07) is 1.67. The average molecular weight is 206 g/mol. The van der Waals surface area contributed by atoms with Crippen LogP contribution in [0.25, 0.3) is 0 Å². The van der Waals surface area contributed by atoms with E-state index in [9.17, 15) is 4.39 Å². The molecule has 3 heteroatoms. The van der Waals surface area contributed by atoms with E-state index in [0.717, 1.165) is 23.7 Å².